The first-order valence-electron chi connectivity index (χ1n) is 7.80. The highest BCUT2D eigenvalue weighted by Crippen LogP contribution is 2.12. The molecule has 0 aliphatic heterocycles. The van der Waals surface area contributed by atoms with E-state index in [0.717, 1.165) is 34.3 Å². The van der Waals surface area contributed by atoms with Gasteiger partial charge in [0.2, 0.25) is 5.28 Å². The van der Waals surface area contributed by atoms with Crippen molar-refractivity contribution in [2.24, 2.45) is 0 Å². The predicted molar refractivity (Wildman–Crippen MR) is 108 cm³/mol. The van der Waals surface area contributed by atoms with E-state index in [2.05, 4.69) is 9.97 Å². The van der Waals surface area contributed by atoms with Crippen molar-refractivity contribution in [3.05, 3.63) is 89.7 Å². The highest BCUT2D eigenvalue weighted by molar-refractivity contribution is 6.29. The number of hydrogen-bond donors (Lipinski definition) is 3. The largest absolute Gasteiger partial charge is 0.399 e. The number of nitrogen functional groups attached to an aromatic ring is 2. The summed E-state index contributed by atoms with van der Waals surface area (Å²) in [6, 6.07) is 23.9. The minimum atomic E-state index is 0.446. The van der Waals surface area contributed by atoms with Crippen molar-refractivity contribution in [1.82, 2.24) is 9.97 Å². The number of H-pyrrole nitrogens is 1. The molecule has 0 aliphatic carbocycles. The topological polar surface area (TPSA) is 97.8 Å². The maximum atomic E-state index is 10.0. The maximum Gasteiger partial charge on any atom is 0.201 e. The number of carbonyl (C=O) groups excluding carboxylic acids is 1. The Bertz CT molecular complexity index is 883. The summed E-state index contributed by atoms with van der Waals surface area (Å²) in [5.41, 5.74) is 14.9. The third-order valence-corrected chi connectivity index (χ3v) is 3.41. The standard InChI is InChI=1S/C7H5ClN2.C7H6O.C6H8N2/c8-7-9-5-3-1-2-4-6(5)10-7;8-6-7-4-2-1-3-5-7;7-5-1-2-6(8)4-3-5/h1-4H,(H,9,10);1-6H;1-4H,7-8H2. The Morgan fingerprint density at radius 1 is 0.808 bits per heavy atom. The maximum absolute atomic E-state index is 10.0. The summed E-state index contributed by atoms with van der Waals surface area (Å²) < 4.78 is 0. The van der Waals surface area contributed by atoms with Gasteiger partial charge < -0.3 is 16.5 Å². The smallest absolute Gasteiger partial charge is 0.201 e. The van der Waals surface area contributed by atoms with Crippen LogP contribution in [0.5, 0.6) is 0 Å². The fourth-order valence-corrected chi connectivity index (χ4v) is 2.14. The van der Waals surface area contributed by atoms with Gasteiger partial charge in [0, 0.05) is 16.9 Å². The van der Waals surface area contributed by atoms with Crippen molar-refractivity contribution in [1.29, 1.82) is 0 Å². The molecule has 0 aliphatic rings. The molecular formula is C20H19ClN4O. The van der Waals surface area contributed by atoms with Crippen molar-refractivity contribution < 1.29 is 4.79 Å². The fourth-order valence-electron chi connectivity index (χ4n) is 1.95. The van der Waals surface area contributed by atoms with Crippen molar-refractivity contribution >= 4 is 40.3 Å². The van der Waals surface area contributed by atoms with Gasteiger partial charge >= 0.3 is 0 Å². The van der Waals surface area contributed by atoms with E-state index in [-0.39, 0.29) is 0 Å². The molecule has 0 spiro atoms. The van der Waals surface area contributed by atoms with E-state index in [0.29, 0.717) is 5.28 Å². The van der Waals surface area contributed by atoms with E-state index >= 15 is 0 Å². The average molecular weight is 367 g/mol. The summed E-state index contributed by atoms with van der Waals surface area (Å²) in [5.74, 6) is 0. The number of aromatic nitrogens is 2. The summed E-state index contributed by atoms with van der Waals surface area (Å²) in [6.45, 7) is 0. The van der Waals surface area contributed by atoms with Gasteiger partial charge in [-0.05, 0) is 48.0 Å². The molecule has 0 unspecified atom stereocenters. The third-order valence-electron chi connectivity index (χ3n) is 3.23. The highest BCUT2D eigenvalue weighted by Gasteiger charge is 1.95. The molecular weight excluding hydrogens is 348 g/mol. The lowest BCUT2D eigenvalue weighted by atomic mass is 10.2. The van der Waals surface area contributed by atoms with Crippen molar-refractivity contribution in [3.8, 4) is 0 Å². The van der Waals surface area contributed by atoms with Gasteiger partial charge in [0.25, 0.3) is 0 Å². The van der Waals surface area contributed by atoms with Gasteiger partial charge in [-0.1, -0.05) is 42.5 Å². The molecule has 0 saturated carbocycles. The van der Waals surface area contributed by atoms with Gasteiger partial charge in [0.05, 0.1) is 11.0 Å². The van der Waals surface area contributed by atoms with Crippen LogP contribution in [0, 0.1) is 0 Å². The average Bonchev–Trinajstić information content (AvgIpc) is 3.06. The summed E-state index contributed by atoms with van der Waals surface area (Å²) in [5, 5.41) is 0.446. The lowest BCUT2D eigenvalue weighted by Gasteiger charge is -1.90. The van der Waals surface area contributed by atoms with Gasteiger partial charge in [0.15, 0.2) is 0 Å². The number of anilines is 2. The third kappa shape index (κ3) is 6.30. The van der Waals surface area contributed by atoms with Crippen LogP contribution in [0.1, 0.15) is 10.4 Å². The van der Waals surface area contributed by atoms with Crippen LogP contribution in [0.15, 0.2) is 78.9 Å². The normalized spacial score (nSPS) is 9.42. The van der Waals surface area contributed by atoms with Crippen LogP contribution in [-0.2, 0) is 0 Å². The zero-order valence-corrected chi connectivity index (χ0v) is 14.7. The molecule has 132 valence electrons. The first-order valence-corrected chi connectivity index (χ1v) is 8.18. The minimum absolute atomic E-state index is 0.446. The number of fused-ring (bicyclic) bond motifs is 1. The van der Waals surface area contributed by atoms with Crippen molar-refractivity contribution in [3.63, 3.8) is 0 Å². The van der Waals surface area contributed by atoms with E-state index in [1.54, 1.807) is 36.4 Å². The van der Waals surface area contributed by atoms with Gasteiger partial charge in [-0.2, -0.15) is 0 Å². The molecule has 5 N–H and O–H groups in total. The first kappa shape index (κ1) is 19.0. The fraction of sp³-hybridized carbons (Fsp3) is 0. The Morgan fingerprint density at radius 2 is 1.35 bits per heavy atom. The number of rotatable bonds is 1. The van der Waals surface area contributed by atoms with Gasteiger partial charge in [-0.25, -0.2) is 4.98 Å². The van der Waals surface area contributed by atoms with Gasteiger partial charge in [-0.15, -0.1) is 0 Å². The molecule has 0 saturated heterocycles. The Labute approximate surface area is 156 Å². The number of aldehydes is 1. The van der Waals surface area contributed by atoms with Crippen LogP contribution < -0.4 is 11.5 Å². The number of nitrogens with one attached hydrogen (secondary N) is 1. The molecule has 26 heavy (non-hydrogen) atoms. The number of nitrogens with zero attached hydrogens (tertiary/aromatic N) is 1. The Hall–Kier alpha value is -3.31. The van der Waals surface area contributed by atoms with Gasteiger partial charge in [0.1, 0.15) is 6.29 Å². The number of halogens is 1. The quantitative estimate of drug-likeness (QED) is 0.339. The molecule has 0 amide bonds. The molecule has 3 aromatic carbocycles. The lowest BCUT2D eigenvalue weighted by Crippen LogP contribution is -1.86. The zero-order chi connectivity index (χ0) is 18.8. The van der Waals surface area contributed by atoms with Crippen LogP contribution in [0.25, 0.3) is 11.0 Å². The molecule has 0 bridgehead atoms. The summed E-state index contributed by atoms with van der Waals surface area (Å²) in [6.07, 6.45) is 0.833. The number of benzene rings is 3. The molecule has 1 aromatic heterocycles. The predicted octanol–water partition coefficient (Wildman–Crippen LogP) is 4.57. The zero-order valence-electron chi connectivity index (χ0n) is 14.0. The summed E-state index contributed by atoms with van der Waals surface area (Å²) in [7, 11) is 0. The second kappa shape index (κ2) is 9.86. The Balaban J connectivity index is 0.000000142. The van der Waals surface area contributed by atoms with E-state index in [1.807, 2.05) is 42.5 Å². The molecule has 0 atom stereocenters. The molecule has 1 heterocycles. The molecule has 5 nitrogen and oxygen atoms in total. The number of para-hydroxylation sites is 2. The molecule has 4 rings (SSSR count). The molecule has 0 radical (unpaired) electrons. The van der Waals surface area contributed by atoms with E-state index < -0.39 is 0 Å². The van der Waals surface area contributed by atoms with Gasteiger partial charge in [-0.3, -0.25) is 4.79 Å². The Morgan fingerprint density at radius 3 is 1.85 bits per heavy atom. The van der Waals surface area contributed by atoms with E-state index in [9.17, 15) is 4.79 Å². The number of nitrogens with two attached hydrogens (primary N) is 2. The molecule has 6 heteroatoms. The number of hydrogen-bond acceptors (Lipinski definition) is 4. The second-order valence-corrected chi connectivity index (χ2v) is 5.60. The Kier molecular flexibility index (Phi) is 7.21. The number of aromatic amines is 1. The monoisotopic (exact) mass is 366 g/mol. The first-order chi connectivity index (χ1) is 12.6. The van der Waals surface area contributed by atoms with E-state index in [4.69, 9.17) is 23.1 Å². The van der Waals surface area contributed by atoms with Crippen molar-refractivity contribution in [2.45, 2.75) is 0 Å². The van der Waals surface area contributed by atoms with Crippen LogP contribution in [-0.4, -0.2) is 16.3 Å². The minimum Gasteiger partial charge on any atom is -0.399 e. The number of imidazole rings is 1. The van der Waals surface area contributed by atoms with E-state index in [1.165, 1.54) is 0 Å². The summed E-state index contributed by atoms with van der Waals surface area (Å²) >= 11 is 5.62. The number of carbonyl (C=O) groups is 1. The van der Waals surface area contributed by atoms with Crippen molar-refractivity contribution in [2.75, 3.05) is 11.5 Å². The van der Waals surface area contributed by atoms with Crippen LogP contribution in [0.4, 0.5) is 11.4 Å². The second-order valence-electron chi connectivity index (χ2n) is 5.24. The van der Waals surface area contributed by atoms with Crippen LogP contribution >= 0.6 is 11.6 Å². The molecule has 0 fully saturated rings. The molecule has 4 aromatic rings. The van der Waals surface area contributed by atoms with Crippen LogP contribution in [0.2, 0.25) is 5.28 Å². The lowest BCUT2D eigenvalue weighted by molar-refractivity contribution is 0.112. The SMILES string of the molecule is Clc1nc2ccccc2[nH]1.Nc1ccc(N)cc1.O=Cc1ccccc1. The highest BCUT2D eigenvalue weighted by atomic mass is 35.5. The van der Waals surface area contributed by atoms with Crippen LogP contribution in [0.3, 0.4) is 0 Å². The summed E-state index contributed by atoms with van der Waals surface area (Å²) in [4.78, 5) is 16.9.